The van der Waals surface area contributed by atoms with Crippen molar-refractivity contribution in [2.24, 2.45) is 11.8 Å². The van der Waals surface area contributed by atoms with Gasteiger partial charge < -0.3 is 4.90 Å². The molecule has 0 bridgehead atoms. The molecule has 10 nitrogen and oxygen atoms in total. The van der Waals surface area contributed by atoms with Gasteiger partial charge in [0.25, 0.3) is 0 Å². The van der Waals surface area contributed by atoms with Gasteiger partial charge in [0.1, 0.15) is 5.82 Å². The van der Waals surface area contributed by atoms with Crippen LogP contribution in [-0.2, 0) is 9.59 Å². The highest BCUT2D eigenvalue weighted by Gasteiger charge is 2.32. The Hall–Kier alpha value is -2.53. The van der Waals surface area contributed by atoms with Gasteiger partial charge in [0.15, 0.2) is 11.6 Å². The van der Waals surface area contributed by atoms with Crippen molar-refractivity contribution in [2.75, 3.05) is 37.0 Å². The number of nitrogens with zero attached hydrogens (tertiary/aromatic N) is 5. The zero-order valence-corrected chi connectivity index (χ0v) is 20.6. The molecule has 1 saturated carbocycles. The number of amides is 2. The number of aryl methyl sites for hydroxylation is 1. The third-order valence-corrected chi connectivity index (χ3v) is 7.10. The predicted octanol–water partition coefficient (Wildman–Crippen LogP) is 2.33. The molecule has 1 aromatic rings. The van der Waals surface area contributed by atoms with Crippen LogP contribution in [0.4, 0.5) is 16.0 Å². The molecule has 0 aromatic carbocycles. The Balaban J connectivity index is 1.73. The minimum Gasteiger partial charge on any atom is -0.348 e. The SMILES string of the molecule is CC[C@@H]1CN(c2nc(C)nc(NNC(=O)[C@H](CC3CCCC3)CN(O)C=O)c2F)[C@H](C)CN1C. The molecule has 3 atom stereocenters. The number of hydrogen-bond acceptors (Lipinski definition) is 8. The van der Waals surface area contributed by atoms with Crippen LogP contribution in [0.2, 0.25) is 0 Å². The largest absolute Gasteiger partial charge is 0.348 e. The van der Waals surface area contributed by atoms with E-state index in [1.165, 1.54) is 0 Å². The van der Waals surface area contributed by atoms with Crippen molar-refractivity contribution in [3.63, 3.8) is 0 Å². The van der Waals surface area contributed by atoms with Gasteiger partial charge in [0.05, 0.1) is 12.5 Å². The molecule has 1 saturated heterocycles. The summed E-state index contributed by atoms with van der Waals surface area (Å²) >= 11 is 0. The van der Waals surface area contributed by atoms with E-state index in [1.807, 2.05) is 11.8 Å². The van der Waals surface area contributed by atoms with Crippen molar-refractivity contribution in [3.8, 4) is 0 Å². The van der Waals surface area contributed by atoms with Gasteiger partial charge in [0.2, 0.25) is 18.1 Å². The van der Waals surface area contributed by atoms with Crippen LogP contribution in [0.25, 0.3) is 0 Å². The van der Waals surface area contributed by atoms with E-state index in [0.29, 0.717) is 29.8 Å². The lowest BCUT2D eigenvalue weighted by atomic mass is 9.92. The van der Waals surface area contributed by atoms with E-state index in [2.05, 4.69) is 39.7 Å². The van der Waals surface area contributed by atoms with E-state index in [4.69, 9.17) is 0 Å². The summed E-state index contributed by atoms with van der Waals surface area (Å²) in [6.07, 6.45) is 6.05. The number of aromatic nitrogens is 2. The second kappa shape index (κ2) is 11.7. The van der Waals surface area contributed by atoms with Gasteiger partial charge in [-0.25, -0.2) is 15.0 Å². The molecule has 0 unspecified atom stereocenters. The molecular formula is C23H38FN7O3. The number of piperazine rings is 1. The smallest absolute Gasteiger partial charge is 0.243 e. The van der Waals surface area contributed by atoms with Crippen LogP contribution in [0.5, 0.6) is 0 Å². The summed E-state index contributed by atoms with van der Waals surface area (Å²) in [4.78, 5) is 36.6. The van der Waals surface area contributed by atoms with Crippen molar-refractivity contribution in [3.05, 3.63) is 11.6 Å². The highest BCUT2D eigenvalue weighted by molar-refractivity contribution is 5.80. The van der Waals surface area contributed by atoms with Crippen molar-refractivity contribution in [2.45, 2.75) is 71.4 Å². The van der Waals surface area contributed by atoms with E-state index in [-0.39, 0.29) is 36.7 Å². The van der Waals surface area contributed by atoms with Gasteiger partial charge in [-0.05, 0) is 39.7 Å². The van der Waals surface area contributed by atoms with E-state index in [0.717, 1.165) is 38.6 Å². The number of hydroxylamine groups is 2. The Labute approximate surface area is 200 Å². The average molecular weight is 480 g/mol. The number of nitrogens with one attached hydrogen (secondary N) is 2. The lowest BCUT2D eigenvalue weighted by Gasteiger charge is -2.44. The van der Waals surface area contributed by atoms with Crippen LogP contribution < -0.4 is 15.8 Å². The van der Waals surface area contributed by atoms with Crippen molar-refractivity contribution < 1.29 is 19.2 Å². The van der Waals surface area contributed by atoms with E-state index in [1.54, 1.807) is 6.92 Å². The second-order valence-electron chi connectivity index (χ2n) is 9.68. The van der Waals surface area contributed by atoms with Crippen LogP contribution >= 0.6 is 0 Å². The molecule has 3 rings (SSSR count). The Kier molecular flexibility index (Phi) is 9.01. The molecule has 1 aliphatic heterocycles. The van der Waals surface area contributed by atoms with E-state index >= 15 is 4.39 Å². The van der Waals surface area contributed by atoms with Gasteiger partial charge in [-0.2, -0.15) is 4.39 Å². The average Bonchev–Trinajstić information content (AvgIpc) is 3.32. The molecule has 0 spiro atoms. The number of anilines is 2. The minimum absolute atomic E-state index is 0.0636. The van der Waals surface area contributed by atoms with Gasteiger partial charge in [-0.3, -0.25) is 30.5 Å². The molecular weight excluding hydrogens is 441 g/mol. The molecule has 190 valence electrons. The first-order valence-electron chi connectivity index (χ1n) is 12.2. The summed E-state index contributed by atoms with van der Waals surface area (Å²) in [5.74, 6) is -0.813. The molecule has 0 radical (unpaired) electrons. The number of carbonyl (C=O) groups excluding carboxylic acids is 2. The van der Waals surface area contributed by atoms with E-state index in [9.17, 15) is 14.8 Å². The van der Waals surface area contributed by atoms with Crippen LogP contribution in [0.3, 0.4) is 0 Å². The zero-order valence-electron chi connectivity index (χ0n) is 20.6. The van der Waals surface area contributed by atoms with E-state index < -0.39 is 17.6 Å². The summed E-state index contributed by atoms with van der Waals surface area (Å²) in [6.45, 7) is 7.15. The van der Waals surface area contributed by atoms with Crippen molar-refractivity contribution in [1.82, 2.24) is 25.4 Å². The number of carbonyl (C=O) groups is 2. The Morgan fingerprint density at radius 1 is 1.32 bits per heavy atom. The third kappa shape index (κ3) is 6.32. The standard InChI is InChI=1S/C23H38FN7O3/c1-5-19-13-31(15(2)11-29(19)4)22-20(24)21(25-16(3)26-22)27-28-23(33)18(12-30(34)14-32)10-17-8-6-7-9-17/h14-15,17-19,34H,5-13H2,1-4H3,(H,28,33)(H,25,26,27)/t15-,18-,19-/m1/s1. The molecule has 11 heteroatoms. The minimum atomic E-state index is -0.626. The molecule has 2 aliphatic rings. The first-order chi connectivity index (χ1) is 16.2. The summed E-state index contributed by atoms with van der Waals surface area (Å²) in [6, 6.07) is 0.353. The number of hydrazine groups is 1. The normalized spacial score (nSPS) is 22.5. The maximum Gasteiger partial charge on any atom is 0.243 e. The Morgan fingerprint density at radius 3 is 2.68 bits per heavy atom. The molecule has 2 fully saturated rings. The highest BCUT2D eigenvalue weighted by atomic mass is 19.1. The molecule has 3 N–H and O–H groups in total. The second-order valence-corrected chi connectivity index (χ2v) is 9.68. The van der Waals surface area contributed by atoms with Gasteiger partial charge >= 0.3 is 0 Å². The predicted molar refractivity (Wildman–Crippen MR) is 127 cm³/mol. The number of likely N-dealkylation sites (N-methyl/N-ethyl adjacent to an activating group) is 1. The highest BCUT2D eigenvalue weighted by Crippen LogP contribution is 2.31. The molecule has 2 heterocycles. The first-order valence-corrected chi connectivity index (χ1v) is 12.2. The van der Waals surface area contributed by atoms with Gasteiger partial charge in [0, 0.05) is 25.2 Å². The fraction of sp³-hybridized carbons (Fsp3) is 0.739. The fourth-order valence-electron chi connectivity index (χ4n) is 5.17. The van der Waals surface area contributed by atoms with Crippen LogP contribution in [0.15, 0.2) is 0 Å². The molecule has 1 aliphatic carbocycles. The monoisotopic (exact) mass is 479 g/mol. The fourth-order valence-corrected chi connectivity index (χ4v) is 5.17. The Morgan fingerprint density at radius 2 is 2.03 bits per heavy atom. The summed E-state index contributed by atoms with van der Waals surface area (Å²) in [5, 5.41) is 10.1. The molecule has 34 heavy (non-hydrogen) atoms. The number of halogens is 1. The summed E-state index contributed by atoms with van der Waals surface area (Å²) < 4.78 is 15.5. The van der Waals surface area contributed by atoms with Gasteiger partial charge in [-0.15, -0.1) is 0 Å². The van der Waals surface area contributed by atoms with Crippen LogP contribution in [0.1, 0.15) is 58.2 Å². The first kappa shape index (κ1) is 26.1. The lowest BCUT2D eigenvalue weighted by molar-refractivity contribution is -0.154. The number of hydrogen-bond donors (Lipinski definition) is 3. The topological polar surface area (TPSA) is 114 Å². The quantitative estimate of drug-likeness (QED) is 0.266. The maximum absolute atomic E-state index is 15.5. The van der Waals surface area contributed by atoms with Crippen molar-refractivity contribution in [1.29, 1.82) is 0 Å². The van der Waals surface area contributed by atoms with Gasteiger partial charge in [-0.1, -0.05) is 32.6 Å². The Bertz CT molecular complexity index is 852. The molecule has 2 amide bonds. The van der Waals surface area contributed by atoms with Crippen LogP contribution in [-0.4, -0.2) is 76.2 Å². The summed E-state index contributed by atoms with van der Waals surface area (Å²) in [5.41, 5.74) is 5.17. The number of rotatable bonds is 10. The molecule has 1 aromatic heterocycles. The van der Waals surface area contributed by atoms with Crippen LogP contribution in [0, 0.1) is 24.6 Å². The maximum atomic E-state index is 15.5. The van der Waals surface area contributed by atoms with Crippen molar-refractivity contribution >= 4 is 24.0 Å². The summed E-state index contributed by atoms with van der Waals surface area (Å²) in [7, 11) is 2.08. The zero-order chi connectivity index (χ0) is 24.8. The third-order valence-electron chi connectivity index (χ3n) is 7.10. The lowest BCUT2D eigenvalue weighted by Crippen LogP contribution is -2.56.